The molecule has 2 heteroatoms. The molecule has 0 spiro atoms. The molecule has 0 heterocycles. The lowest BCUT2D eigenvalue weighted by Crippen LogP contribution is -2.24. The van der Waals surface area contributed by atoms with Crippen LogP contribution in [0.4, 0.5) is 0 Å². The number of nitrogens with zero attached hydrogens (tertiary/aromatic N) is 1. The van der Waals surface area contributed by atoms with E-state index in [1.807, 2.05) is 0 Å². The molecule has 0 aliphatic carbocycles. The van der Waals surface area contributed by atoms with Gasteiger partial charge in [-0.05, 0) is 123 Å². The van der Waals surface area contributed by atoms with Crippen molar-refractivity contribution in [3.63, 3.8) is 0 Å². The maximum atomic E-state index is 6.70. The minimum absolute atomic E-state index is 0.286. The van der Waals surface area contributed by atoms with Crippen molar-refractivity contribution in [1.82, 2.24) is 4.90 Å². The van der Waals surface area contributed by atoms with Gasteiger partial charge in [0.15, 0.2) is 0 Å². The monoisotopic (exact) mass is 558 g/mol. The molecule has 0 radical (unpaired) electrons. The summed E-state index contributed by atoms with van der Waals surface area (Å²) in [7, 11) is 4.29. The molecular formula is C38H71NO. The van der Waals surface area contributed by atoms with Gasteiger partial charge in [-0.3, -0.25) is 0 Å². The van der Waals surface area contributed by atoms with E-state index in [-0.39, 0.29) is 6.10 Å². The molecule has 0 aromatic rings. The fourth-order valence-corrected chi connectivity index (χ4v) is 5.27. The molecule has 0 amide bonds. The van der Waals surface area contributed by atoms with E-state index in [4.69, 9.17) is 4.74 Å². The molecule has 0 aromatic carbocycles. The summed E-state index contributed by atoms with van der Waals surface area (Å²) in [6, 6.07) is 0. The fraction of sp³-hybridized carbons (Fsp3) is 0.789. The van der Waals surface area contributed by atoms with Crippen LogP contribution in [0.1, 0.15) is 162 Å². The average Bonchev–Trinajstić information content (AvgIpc) is 2.93. The van der Waals surface area contributed by atoms with E-state index in [1.54, 1.807) is 0 Å². The van der Waals surface area contributed by atoms with Crippen molar-refractivity contribution >= 4 is 0 Å². The van der Waals surface area contributed by atoms with Gasteiger partial charge in [0, 0.05) is 6.42 Å². The van der Waals surface area contributed by atoms with E-state index in [1.165, 1.54) is 116 Å². The first kappa shape index (κ1) is 38.7. The molecule has 0 aromatic heterocycles. The third-order valence-corrected chi connectivity index (χ3v) is 7.84. The highest BCUT2D eigenvalue weighted by Crippen LogP contribution is 2.28. The van der Waals surface area contributed by atoms with Gasteiger partial charge in [-0.1, -0.05) is 102 Å². The Morgan fingerprint density at radius 1 is 0.575 bits per heavy atom. The molecule has 234 valence electrons. The summed E-state index contributed by atoms with van der Waals surface area (Å²) in [5, 5.41) is 0. The third-order valence-electron chi connectivity index (χ3n) is 7.84. The normalized spacial score (nSPS) is 13.1. The standard InChI is InChI=1S/C38H71NO/c1-7-10-13-16-19-22-24-27-32-37(33-28-25-23-20-17-14-11-8-2)38(34-29-26-21-18-15-12-9-3)40-36(4)31-30-35-39(5)6/h19-23,26,37-38H,4,7-18,24-25,27-35H2,1-3,5-6H3/b22-19-,23-20-,26-21-. The summed E-state index contributed by atoms with van der Waals surface area (Å²) >= 11 is 0. The first-order valence-corrected chi connectivity index (χ1v) is 17.5. The van der Waals surface area contributed by atoms with Crippen LogP contribution in [-0.2, 0) is 4.74 Å². The number of ether oxygens (including phenoxy) is 1. The van der Waals surface area contributed by atoms with Crippen LogP contribution in [-0.4, -0.2) is 31.6 Å². The van der Waals surface area contributed by atoms with E-state index in [0.717, 1.165) is 38.0 Å². The molecule has 0 bridgehead atoms. The Kier molecular flexibility index (Phi) is 29.7. The topological polar surface area (TPSA) is 12.5 Å². The molecule has 0 aliphatic heterocycles. The van der Waals surface area contributed by atoms with Gasteiger partial charge in [0.2, 0.25) is 0 Å². The van der Waals surface area contributed by atoms with Gasteiger partial charge in [-0.15, -0.1) is 0 Å². The second-order valence-electron chi connectivity index (χ2n) is 12.2. The lowest BCUT2D eigenvalue weighted by Gasteiger charge is -2.29. The van der Waals surface area contributed by atoms with Crippen molar-refractivity contribution in [2.45, 2.75) is 168 Å². The van der Waals surface area contributed by atoms with Crippen molar-refractivity contribution in [3.05, 3.63) is 48.8 Å². The smallest absolute Gasteiger partial charge is 0.101 e. The highest BCUT2D eigenvalue weighted by molar-refractivity contribution is 4.90. The summed E-state index contributed by atoms with van der Waals surface area (Å²) in [6.45, 7) is 12.3. The van der Waals surface area contributed by atoms with Crippen LogP contribution in [0.15, 0.2) is 48.8 Å². The minimum atomic E-state index is 0.286. The highest BCUT2D eigenvalue weighted by Gasteiger charge is 2.22. The van der Waals surface area contributed by atoms with E-state index in [9.17, 15) is 0 Å². The fourth-order valence-electron chi connectivity index (χ4n) is 5.27. The van der Waals surface area contributed by atoms with Gasteiger partial charge in [-0.2, -0.15) is 0 Å². The summed E-state index contributed by atoms with van der Waals surface area (Å²) in [5.74, 6) is 1.61. The van der Waals surface area contributed by atoms with Crippen LogP contribution in [0.2, 0.25) is 0 Å². The number of unbranched alkanes of at least 4 members (excludes halogenated alkanes) is 11. The van der Waals surface area contributed by atoms with Crippen LogP contribution >= 0.6 is 0 Å². The Morgan fingerprint density at radius 2 is 1.00 bits per heavy atom. The van der Waals surface area contributed by atoms with Crippen molar-refractivity contribution in [2.24, 2.45) is 5.92 Å². The van der Waals surface area contributed by atoms with Gasteiger partial charge < -0.3 is 9.64 Å². The largest absolute Gasteiger partial charge is 0.495 e. The van der Waals surface area contributed by atoms with E-state index < -0.39 is 0 Å². The Balaban J connectivity index is 5.12. The summed E-state index contributed by atoms with van der Waals surface area (Å²) in [4.78, 5) is 2.25. The predicted molar refractivity (Wildman–Crippen MR) is 182 cm³/mol. The van der Waals surface area contributed by atoms with Crippen molar-refractivity contribution in [3.8, 4) is 0 Å². The summed E-state index contributed by atoms with van der Waals surface area (Å²) in [5.41, 5.74) is 0. The summed E-state index contributed by atoms with van der Waals surface area (Å²) < 4.78 is 6.70. The predicted octanol–water partition coefficient (Wildman–Crippen LogP) is 12.4. The first-order valence-electron chi connectivity index (χ1n) is 17.5. The van der Waals surface area contributed by atoms with Crippen molar-refractivity contribution in [1.29, 1.82) is 0 Å². The van der Waals surface area contributed by atoms with Crippen molar-refractivity contribution in [2.75, 3.05) is 20.6 Å². The van der Waals surface area contributed by atoms with Crippen LogP contribution in [0.3, 0.4) is 0 Å². The lowest BCUT2D eigenvalue weighted by atomic mass is 9.88. The van der Waals surface area contributed by atoms with Crippen LogP contribution < -0.4 is 0 Å². The lowest BCUT2D eigenvalue weighted by molar-refractivity contribution is 0.0438. The second kappa shape index (κ2) is 30.7. The van der Waals surface area contributed by atoms with Gasteiger partial charge in [0.05, 0.1) is 5.76 Å². The zero-order chi connectivity index (χ0) is 29.5. The van der Waals surface area contributed by atoms with Gasteiger partial charge in [-0.25, -0.2) is 0 Å². The van der Waals surface area contributed by atoms with Crippen LogP contribution in [0.5, 0.6) is 0 Å². The van der Waals surface area contributed by atoms with Gasteiger partial charge in [0.25, 0.3) is 0 Å². The van der Waals surface area contributed by atoms with Gasteiger partial charge >= 0.3 is 0 Å². The molecule has 0 fully saturated rings. The Morgan fingerprint density at radius 3 is 1.43 bits per heavy atom. The molecule has 0 aliphatic rings. The molecule has 40 heavy (non-hydrogen) atoms. The molecule has 0 saturated carbocycles. The van der Waals surface area contributed by atoms with Gasteiger partial charge in [0.1, 0.15) is 6.10 Å². The molecule has 0 saturated heterocycles. The molecule has 1 unspecified atom stereocenters. The number of rotatable bonds is 30. The van der Waals surface area contributed by atoms with Crippen molar-refractivity contribution < 1.29 is 4.74 Å². The highest BCUT2D eigenvalue weighted by atomic mass is 16.5. The second-order valence-corrected chi connectivity index (χ2v) is 12.2. The average molecular weight is 558 g/mol. The Bertz CT molecular complexity index is 591. The number of hydrogen-bond donors (Lipinski definition) is 0. The third kappa shape index (κ3) is 26.9. The van der Waals surface area contributed by atoms with Crippen LogP contribution in [0.25, 0.3) is 0 Å². The van der Waals surface area contributed by atoms with E-state index >= 15 is 0 Å². The summed E-state index contributed by atoms with van der Waals surface area (Å²) in [6.07, 6.45) is 42.2. The molecular weight excluding hydrogens is 486 g/mol. The molecule has 1 atom stereocenters. The molecule has 0 N–H and O–H groups in total. The number of hydrogen-bond acceptors (Lipinski definition) is 2. The maximum absolute atomic E-state index is 6.70. The quantitative estimate of drug-likeness (QED) is 0.0494. The van der Waals surface area contributed by atoms with E-state index in [2.05, 4.69) is 82.8 Å². The SMILES string of the molecule is C=C(CCCN(C)C)OC(CC/C=C\CCCCC)C(CCC/C=C\CCCCC)CCC/C=C\CCCCC. The zero-order valence-corrected chi connectivity index (χ0v) is 27.9. The molecule has 2 nitrogen and oxygen atoms in total. The Labute approximate surface area is 252 Å². The minimum Gasteiger partial charge on any atom is -0.495 e. The Hall–Kier alpha value is -1.28. The van der Waals surface area contributed by atoms with Crippen LogP contribution in [0, 0.1) is 5.92 Å². The molecule has 0 rings (SSSR count). The zero-order valence-electron chi connectivity index (χ0n) is 27.9. The van der Waals surface area contributed by atoms with E-state index in [0.29, 0.717) is 5.92 Å². The maximum Gasteiger partial charge on any atom is 0.101 e. The first-order chi connectivity index (χ1) is 19.5. The number of allylic oxidation sites excluding steroid dienone is 7.